The molecule has 4 nitrogen and oxygen atoms in total. The number of hydrogen-bond donors (Lipinski definition) is 1. The lowest BCUT2D eigenvalue weighted by Gasteiger charge is -2.21. The summed E-state index contributed by atoms with van der Waals surface area (Å²) < 4.78 is 0.898. The zero-order chi connectivity index (χ0) is 14.5. The van der Waals surface area contributed by atoms with Crippen LogP contribution in [-0.4, -0.2) is 23.6 Å². The van der Waals surface area contributed by atoms with Crippen molar-refractivity contribution in [1.82, 2.24) is 9.97 Å². The molecule has 0 fully saturated rings. The SMILES string of the molecule is CCNc1ncc(Br)c(N(C)Cc2ccccc2C)n1. The van der Waals surface area contributed by atoms with Gasteiger partial charge in [-0.3, -0.25) is 0 Å². The highest BCUT2D eigenvalue weighted by Gasteiger charge is 2.11. The van der Waals surface area contributed by atoms with E-state index in [9.17, 15) is 0 Å². The van der Waals surface area contributed by atoms with Crippen LogP contribution in [0.25, 0.3) is 0 Å². The number of aromatic nitrogens is 2. The Hall–Kier alpha value is -1.62. The van der Waals surface area contributed by atoms with E-state index in [2.05, 4.69) is 67.3 Å². The Kier molecular flexibility index (Phi) is 4.95. The smallest absolute Gasteiger partial charge is 0.224 e. The van der Waals surface area contributed by atoms with Crippen LogP contribution in [0.15, 0.2) is 34.9 Å². The lowest BCUT2D eigenvalue weighted by molar-refractivity contribution is 0.879. The van der Waals surface area contributed by atoms with E-state index in [1.165, 1.54) is 11.1 Å². The van der Waals surface area contributed by atoms with Gasteiger partial charge in [0, 0.05) is 26.3 Å². The molecule has 0 saturated heterocycles. The summed E-state index contributed by atoms with van der Waals surface area (Å²) in [6.45, 7) is 5.78. The van der Waals surface area contributed by atoms with Gasteiger partial charge < -0.3 is 10.2 Å². The minimum atomic E-state index is 0.655. The van der Waals surface area contributed by atoms with E-state index in [1.807, 2.05) is 14.0 Å². The van der Waals surface area contributed by atoms with Gasteiger partial charge >= 0.3 is 0 Å². The third kappa shape index (κ3) is 3.48. The molecule has 5 heteroatoms. The fraction of sp³-hybridized carbons (Fsp3) is 0.333. The fourth-order valence-corrected chi connectivity index (χ4v) is 2.48. The average Bonchev–Trinajstić information content (AvgIpc) is 2.43. The maximum Gasteiger partial charge on any atom is 0.224 e. The van der Waals surface area contributed by atoms with E-state index >= 15 is 0 Å². The molecule has 0 aliphatic carbocycles. The lowest BCUT2D eigenvalue weighted by atomic mass is 10.1. The van der Waals surface area contributed by atoms with Gasteiger partial charge in [0.2, 0.25) is 5.95 Å². The molecule has 0 unspecified atom stereocenters. The van der Waals surface area contributed by atoms with Crippen molar-refractivity contribution in [3.8, 4) is 0 Å². The first-order valence-corrected chi connectivity index (χ1v) is 7.43. The van der Waals surface area contributed by atoms with E-state index in [0.29, 0.717) is 5.95 Å². The van der Waals surface area contributed by atoms with Crippen molar-refractivity contribution in [1.29, 1.82) is 0 Å². The number of rotatable bonds is 5. The maximum absolute atomic E-state index is 4.54. The standard InChI is InChI=1S/C15H19BrN4/c1-4-17-15-18-9-13(16)14(19-15)20(3)10-12-8-6-5-7-11(12)2/h5-9H,4,10H2,1-3H3,(H,17,18,19). The first kappa shape index (κ1) is 14.8. The molecule has 1 N–H and O–H groups in total. The van der Waals surface area contributed by atoms with Crippen molar-refractivity contribution in [2.24, 2.45) is 0 Å². The van der Waals surface area contributed by atoms with Crippen LogP contribution in [0.2, 0.25) is 0 Å². The van der Waals surface area contributed by atoms with Gasteiger partial charge in [0.05, 0.1) is 4.47 Å². The summed E-state index contributed by atoms with van der Waals surface area (Å²) in [5.41, 5.74) is 2.59. The quantitative estimate of drug-likeness (QED) is 0.906. The third-order valence-corrected chi connectivity index (χ3v) is 3.65. The molecule has 0 aliphatic rings. The van der Waals surface area contributed by atoms with Crippen LogP contribution in [0, 0.1) is 6.92 Å². The fourth-order valence-electron chi connectivity index (χ4n) is 1.99. The first-order valence-electron chi connectivity index (χ1n) is 6.64. The number of nitrogens with zero attached hydrogens (tertiary/aromatic N) is 3. The highest BCUT2D eigenvalue weighted by Crippen LogP contribution is 2.25. The number of hydrogen-bond acceptors (Lipinski definition) is 4. The highest BCUT2D eigenvalue weighted by atomic mass is 79.9. The van der Waals surface area contributed by atoms with Crippen LogP contribution >= 0.6 is 15.9 Å². The zero-order valence-corrected chi connectivity index (χ0v) is 13.6. The summed E-state index contributed by atoms with van der Waals surface area (Å²) >= 11 is 3.52. The molecule has 1 aromatic carbocycles. The molecular formula is C15H19BrN4. The maximum atomic E-state index is 4.54. The minimum absolute atomic E-state index is 0.655. The summed E-state index contributed by atoms with van der Waals surface area (Å²) in [5, 5.41) is 3.14. The molecule has 0 saturated carbocycles. The number of halogens is 1. The van der Waals surface area contributed by atoms with Crippen molar-refractivity contribution in [3.05, 3.63) is 46.1 Å². The second kappa shape index (κ2) is 6.70. The highest BCUT2D eigenvalue weighted by molar-refractivity contribution is 9.10. The third-order valence-electron chi connectivity index (χ3n) is 3.09. The van der Waals surface area contributed by atoms with Gasteiger partial charge in [0.25, 0.3) is 0 Å². The average molecular weight is 335 g/mol. The molecule has 1 aromatic heterocycles. The Balaban J connectivity index is 2.22. The minimum Gasteiger partial charge on any atom is -0.354 e. The van der Waals surface area contributed by atoms with Crippen LogP contribution in [-0.2, 0) is 6.54 Å². The Morgan fingerprint density at radius 1 is 1.30 bits per heavy atom. The van der Waals surface area contributed by atoms with Gasteiger partial charge in [0.15, 0.2) is 0 Å². The molecule has 20 heavy (non-hydrogen) atoms. The van der Waals surface area contributed by atoms with Crippen LogP contribution in [0.5, 0.6) is 0 Å². The Morgan fingerprint density at radius 3 is 2.75 bits per heavy atom. The number of anilines is 2. The van der Waals surface area contributed by atoms with Crippen molar-refractivity contribution >= 4 is 27.7 Å². The lowest BCUT2D eigenvalue weighted by Crippen LogP contribution is -2.19. The van der Waals surface area contributed by atoms with E-state index in [-0.39, 0.29) is 0 Å². The molecular weight excluding hydrogens is 316 g/mol. The first-order chi connectivity index (χ1) is 9.61. The summed E-state index contributed by atoms with van der Waals surface area (Å²) in [6.07, 6.45) is 1.79. The van der Waals surface area contributed by atoms with Crippen LogP contribution < -0.4 is 10.2 Å². The topological polar surface area (TPSA) is 41.1 Å². The van der Waals surface area contributed by atoms with Crippen molar-refractivity contribution < 1.29 is 0 Å². The van der Waals surface area contributed by atoms with Gasteiger partial charge in [-0.15, -0.1) is 0 Å². The van der Waals surface area contributed by atoms with E-state index in [0.717, 1.165) is 23.4 Å². The van der Waals surface area contributed by atoms with Crippen molar-refractivity contribution in [2.75, 3.05) is 23.8 Å². The molecule has 0 spiro atoms. The largest absolute Gasteiger partial charge is 0.354 e. The molecule has 0 aliphatic heterocycles. The van der Waals surface area contributed by atoms with Gasteiger partial charge in [-0.25, -0.2) is 4.98 Å². The van der Waals surface area contributed by atoms with Gasteiger partial charge in [-0.05, 0) is 40.9 Å². The summed E-state index contributed by atoms with van der Waals surface area (Å²) in [5.74, 6) is 1.54. The summed E-state index contributed by atoms with van der Waals surface area (Å²) in [6, 6.07) is 8.40. The van der Waals surface area contributed by atoms with Crippen molar-refractivity contribution in [3.63, 3.8) is 0 Å². The van der Waals surface area contributed by atoms with Gasteiger partial charge in [-0.2, -0.15) is 4.98 Å². The molecule has 0 radical (unpaired) electrons. The van der Waals surface area contributed by atoms with Gasteiger partial charge in [-0.1, -0.05) is 24.3 Å². The zero-order valence-electron chi connectivity index (χ0n) is 12.0. The molecule has 0 bridgehead atoms. The van der Waals surface area contributed by atoms with Crippen LogP contribution in [0.1, 0.15) is 18.1 Å². The molecule has 106 valence electrons. The molecule has 1 heterocycles. The number of aryl methyl sites for hydroxylation is 1. The predicted octanol–water partition coefficient (Wildman–Crippen LogP) is 3.62. The number of benzene rings is 1. The monoisotopic (exact) mass is 334 g/mol. The van der Waals surface area contributed by atoms with Crippen LogP contribution in [0.4, 0.5) is 11.8 Å². The van der Waals surface area contributed by atoms with Crippen molar-refractivity contribution in [2.45, 2.75) is 20.4 Å². The summed E-state index contributed by atoms with van der Waals surface area (Å²) in [4.78, 5) is 10.9. The van der Waals surface area contributed by atoms with Crippen LogP contribution in [0.3, 0.4) is 0 Å². The molecule has 0 amide bonds. The Labute approximate surface area is 128 Å². The normalized spacial score (nSPS) is 10.4. The summed E-state index contributed by atoms with van der Waals surface area (Å²) in [7, 11) is 2.04. The second-order valence-electron chi connectivity index (χ2n) is 4.68. The molecule has 2 rings (SSSR count). The van der Waals surface area contributed by atoms with Gasteiger partial charge in [0.1, 0.15) is 5.82 Å². The number of nitrogens with one attached hydrogen (secondary N) is 1. The Morgan fingerprint density at radius 2 is 2.05 bits per heavy atom. The van der Waals surface area contributed by atoms with E-state index in [1.54, 1.807) is 6.20 Å². The predicted molar refractivity (Wildman–Crippen MR) is 87.2 cm³/mol. The second-order valence-corrected chi connectivity index (χ2v) is 5.53. The Bertz CT molecular complexity index is 586. The molecule has 2 aromatic rings. The van der Waals surface area contributed by atoms with E-state index in [4.69, 9.17) is 0 Å². The molecule has 0 atom stereocenters. The van der Waals surface area contributed by atoms with E-state index < -0.39 is 0 Å².